The van der Waals surface area contributed by atoms with Gasteiger partial charge < -0.3 is 9.64 Å². The molecule has 0 saturated carbocycles. The third kappa shape index (κ3) is 3.81. The maximum atomic E-state index is 13.7. The molecule has 132 valence electrons. The van der Waals surface area contributed by atoms with E-state index in [1.165, 1.54) is 24.6 Å². The van der Waals surface area contributed by atoms with E-state index in [4.69, 9.17) is 4.74 Å². The molecule has 0 bridgehead atoms. The van der Waals surface area contributed by atoms with Crippen LogP contribution in [0.5, 0.6) is 11.5 Å². The standard InChI is InChI=1S/C20H21F2NO2/c1-3-20(21,22)17-5-8-18(9-6-17)25-19-7-4-15-10-11-23(14(2)24)13-16(15)12-19/h4-9,12H,3,10-11,13H2,1-2H3. The third-order valence-electron chi connectivity index (χ3n) is 4.59. The summed E-state index contributed by atoms with van der Waals surface area (Å²) in [7, 11) is 0. The van der Waals surface area contributed by atoms with Crippen LogP contribution in [0.1, 0.15) is 37.0 Å². The van der Waals surface area contributed by atoms with E-state index in [1.54, 1.807) is 24.0 Å². The molecule has 5 heteroatoms. The van der Waals surface area contributed by atoms with Crippen molar-refractivity contribution in [2.75, 3.05) is 6.54 Å². The molecule has 1 heterocycles. The number of halogens is 2. The number of hydrogen-bond donors (Lipinski definition) is 0. The topological polar surface area (TPSA) is 29.5 Å². The highest BCUT2D eigenvalue weighted by Crippen LogP contribution is 2.33. The fraction of sp³-hybridized carbons (Fsp3) is 0.350. The molecule has 3 rings (SSSR count). The molecule has 1 aliphatic rings. The van der Waals surface area contributed by atoms with Gasteiger partial charge in [0.15, 0.2) is 0 Å². The van der Waals surface area contributed by atoms with Gasteiger partial charge in [-0.05, 0) is 53.9 Å². The molecular weight excluding hydrogens is 324 g/mol. The van der Waals surface area contributed by atoms with Gasteiger partial charge in [-0.25, -0.2) is 8.78 Å². The number of nitrogens with zero attached hydrogens (tertiary/aromatic N) is 1. The van der Waals surface area contributed by atoms with E-state index in [2.05, 4.69) is 0 Å². The van der Waals surface area contributed by atoms with Gasteiger partial charge in [-0.15, -0.1) is 0 Å². The van der Waals surface area contributed by atoms with Crippen LogP contribution in [0.3, 0.4) is 0 Å². The maximum Gasteiger partial charge on any atom is 0.273 e. The van der Waals surface area contributed by atoms with Crippen LogP contribution in [0.25, 0.3) is 0 Å². The maximum absolute atomic E-state index is 13.7. The van der Waals surface area contributed by atoms with Crippen LogP contribution in [0.15, 0.2) is 42.5 Å². The molecule has 0 fully saturated rings. The average molecular weight is 345 g/mol. The molecule has 3 nitrogen and oxygen atoms in total. The molecule has 0 N–H and O–H groups in total. The average Bonchev–Trinajstić information content (AvgIpc) is 2.61. The summed E-state index contributed by atoms with van der Waals surface area (Å²) in [6.07, 6.45) is 0.598. The lowest BCUT2D eigenvalue weighted by atomic mass is 9.99. The summed E-state index contributed by atoms with van der Waals surface area (Å²) in [5.74, 6) is -1.61. The molecule has 0 saturated heterocycles. The third-order valence-corrected chi connectivity index (χ3v) is 4.59. The Bertz CT molecular complexity index is 772. The van der Waals surface area contributed by atoms with E-state index >= 15 is 0 Å². The Morgan fingerprint density at radius 2 is 1.80 bits per heavy atom. The van der Waals surface area contributed by atoms with Crippen LogP contribution in [-0.4, -0.2) is 17.4 Å². The largest absolute Gasteiger partial charge is 0.457 e. The van der Waals surface area contributed by atoms with Crippen molar-refractivity contribution in [3.8, 4) is 11.5 Å². The van der Waals surface area contributed by atoms with E-state index in [0.29, 0.717) is 18.0 Å². The minimum atomic E-state index is -2.82. The molecule has 1 amide bonds. The Morgan fingerprint density at radius 3 is 2.44 bits per heavy atom. The van der Waals surface area contributed by atoms with Crippen molar-refractivity contribution in [2.45, 2.75) is 39.2 Å². The summed E-state index contributed by atoms with van der Waals surface area (Å²) in [5, 5.41) is 0. The van der Waals surface area contributed by atoms with Gasteiger partial charge in [0.2, 0.25) is 5.91 Å². The van der Waals surface area contributed by atoms with Crippen LogP contribution in [0.4, 0.5) is 8.78 Å². The first-order valence-electron chi connectivity index (χ1n) is 8.42. The Hall–Kier alpha value is -2.43. The molecule has 2 aromatic rings. The van der Waals surface area contributed by atoms with Crippen LogP contribution in [0.2, 0.25) is 0 Å². The second kappa shape index (κ2) is 6.82. The second-order valence-corrected chi connectivity index (χ2v) is 6.31. The van der Waals surface area contributed by atoms with Crippen molar-refractivity contribution < 1.29 is 18.3 Å². The quantitative estimate of drug-likeness (QED) is 0.790. The van der Waals surface area contributed by atoms with Gasteiger partial charge in [0.25, 0.3) is 5.92 Å². The van der Waals surface area contributed by atoms with Crippen molar-refractivity contribution in [1.29, 1.82) is 0 Å². The second-order valence-electron chi connectivity index (χ2n) is 6.31. The van der Waals surface area contributed by atoms with Crippen molar-refractivity contribution in [3.05, 3.63) is 59.2 Å². The fourth-order valence-electron chi connectivity index (χ4n) is 2.97. The summed E-state index contributed by atoms with van der Waals surface area (Å²) in [4.78, 5) is 13.4. The number of rotatable bonds is 4. The first-order valence-corrected chi connectivity index (χ1v) is 8.42. The molecule has 1 aliphatic heterocycles. The predicted octanol–water partition coefficient (Wildman–Crippen LogP) is 4.89. The number of ether oxygens (including phenoxy) is 1. The van der Waals surface area contributed by atoms with E-state index in [1.807, 2.05) is 18.2 Å². The monoisotopic (exact) mass is 345 g/mol. The number of amides is 1. The number of hydrogen-bond acceptors (Lipinski definition) is 2. The smallest absolute Gasteiger partial charge is 0.273 e. The summed E-state index contributed by atoms with van der Waals surface area (Å²) >= 11 is 0. The van der Waals surface area contributed by atoms with Crippen molar-refractivity contribution >= 4 is 5.91 Å². The Kier molecular flexibility index (Phi) is 4.75. The van der Waals surface area contributed by atoms with Crippen LogP contribution >= 0.6 is 0 Å². The predicted molar refractivity (Wildman–Crippen MR) is 91.9 cm³/mol. The molecule has 0 atom stereocenters. The minimum absolute atomic E-state index is 0.00936. The fourth-order valence-corrected chi connectivity index (χ4v) is 2.97. The number of benzene rings is 2. The lowest BCUT2D eigenvalue weighted by Gasteiger charge is -2.28. The summed E-state index contributed by atoms with van der Waals surface area (Å²) in [6, 6.07) is 11.7. The zero-order valence-electron chi connectivity index (χ0n) is 14.4. The van der Waals surface area contributed by atoms with E-state index < -0.39 is 5.92 Å². The lowest BCUT2D eigenvalue weighted by Crippen LogP contribution is -2.34. The highest BCUT2D eigenvalue weighted by atomic mass is 19.3. The molecule has 0 aliphatic carbocycles. The lowest BCUT2D eigenvalue weighted by molar-refractivity contribution is -0.129. The van der Waals surface area contributed by atoms with Crippen LogP contribution in [0, 0.1) is 0 Å². The normalized spacial score (nSPS) is 14.2. The van der Waals surface area contributed by atoms with Gasteiger partial charge in [0.05, 0.1) is 0 Å². The molecule has 2 aromatic carbocycles. The Balaban J connectivity index is 1.76. The number of carbonyl (C=O) groups is 1. The van der Waals surface area contributed by atoms with Crippen LogP contribution in [-0.2, 0) is 23.7 Å². The SMILES string of the molecule is CCC(F)(F)c1ccc(Oc2ccc3c(c2)CN(C(C)=O)CC3)cc1. The Morgan fingerprint density at radius 1 is 1.12 bits per heavy atom. The van der Waals surface area contributed by atoms with E-state index in [0.717, 1.165) is 18.5 Å². The molecule has 0 aromatic heterocycles. The molecular formula is C20H21F2NO2. The highest BCUT2D eigenvalue weighted by Gasteiger charge is 2.28. The number of fused-ring (bicyclic) bond motifs is 1. The number of alkyl halides is 2. The van der Waals surface area contributed by atoms with Crippen molar-refractivity contribution in [1.82, 2.24) is 4.90 Å². The summed E-state index contributed by atoms with van der Waals surface area (Å²) in [5.41, 5.74) is 2.26. The van der Waals surface area contributed by atoms with Gasteiger partial charge in [-0.1, -0.05) is 13.0 Å². The zero-order valence-corrected chi connectivity index (χ0v) is 14.4. The highest BCUT2D eigenvalue weighted by molar-refractivity contribution is 5.73. The molecule has 0 unspecified atom stereocenters. The van der Waals surface area contributed by atoms with Gasteiger partial charge in [0, 0.05) is 32.0 Å². The summed E-state index contributed by atoms with van der Waals surface area (Å²) in [6.45, 7) is 4.33. The first-order chi connectivity index (χ1) is 11.9. The first kappa shape index (κ1) is 17.4. The van der Waals surface area contributed by atoms with Gasteiger partial charge in [-0.3, -0.25) is 4.79 Å². The van der Waals surface area contributed by atoms with Crippen molar-refractivity contribution in [3.63, 3.8) is 0 Å². The van der Waals surface area contributed by atoms with Gasteiger partial charge >= 0.3 is 0 Å². The number of carbonyl (C=O) groups excluding carboxylic acids is 1. The molecule has 0 spiro atoms. The molecule has 0 radical (unpaired) electrons. The van der Waals surface area contributed by atoms with E-state index in [9.17, 15) is 13.6 Å². The zero-order chi connectivity index (χ0) is 18.0. The van der Waals surface area contributed by atoms with Gasteiger partial charge in [-0.2, -0.15) is 0 Å². The van der Waals surface area contributed by atoms with Gasteiger partial charge in [0.1, 0.15) is 11.5 Å². The van der Waals surface area contributed by atoms with Crippen LogP contribution < -0.4 is 4.74 Å². The minimum Gasteiger partial charge on any atom is -0.457 e. The van der Waals surface area contributed by atoms with E-state index in [-0.39, 0.29) is 17.9 Å². The molecule has 25 heavy (non-hydrogen) atoms. The Labute approximate surface area is 146 Å². The summed E-state index contributed by atoms with van der Waals surface area (Å²) < 4.78 is 33.1. The van der Waals surface area contributed by atoms with Crippen molar-refractivity contribution in [2.24, 2.45) is 0 Å².